The zero-order chi connectivity index (χ0) is 15.5. The number of hydrogen-bond acceptors (Lipinski definition) is 4. The lowest BCUT2D eigenvalue weighted by atomic mass is 10.1. The number of piperazine rings is 1. The Labute approximate surface area is 128 Å². The van der Waals surface area contributed by atoms with Gasteiger partial charge >= 0.3 is 0 Å². The van der Waals surface area contributed by atoms with Crippen LogP contribution in [-0.2, 0) is 9.59 Å². The average molecular weight is 302 g/mol. The van der Waals surface area contributed by atoms with E-state index < -0.39 is 0 Å². The molecule has 1 aromatic rings. The Morgan fingerprint density at radius 2 is 2.23 bits per heavy atom. The Bertz CT molecular complexity index is 627. The van der Waals surface area contributed by atoms with E-state index in [4.69, 9.17) is 9.47 Å². The average Bonchev–Trinajstić information content (AvgIpc) is 3.00. The molecular formula is C16H18N2O4. The van der Waals surface area contributed by atoms with Crippen molar-refractivity contribution in [3.63, 3.8) is 0 Å². The maximum Gasteiger partial charge on any atom is 0.247 e. The van der Waals surface area contributed by atoms with E-state index in [9.17, 15) is 9.59 Å². The number of benzene rings is 1. The normalized spacial score (nSPS) is 20.3. The summed E-state index contributed by atoms with van der Waals surface area (Å²) in [5, 5.41) is 2.78. The molecule has 1 atom stereocenters. The topological polar surface area (TPSA) is 67.9 Å². The van der Waals surface area contributed by atoms with Crippen LogP contribution in [0.1, 0.15) is 18.9 Å². The van der Waals surface area contributed by atoms with E-state index in [0.717, 1.165) is 5.56 Å². The van der Waals surface area contributed by atoms with E-state index in [1.807, 2.05) is 25.1 Å². The highest BCUT2D eigenvalue weighted by molar-refractivity contribution is 5.96. The van der Waals surface area contributed by atoms with Gasteiger partial charge in [0, 0.05) is 19.2 Å². The highest BCUT2D eigenvalue weighted by Crippen LogP contribution is 2.32. The van der Waals surface area contributed by atoms with Crippen molar-refractivity contribution in [1.29, 1.82) is 0 Å². The summed E-state index contributed by atoms with van der Waals surface area (Å²) in [6.07, 6.45) is 3.83. The van der Waals surface area contributed by atoms with Crippen molar-refractivity contribution >= 4 is 17.9 Å². The quantitative estimate of drug-likeness (QED) is 0.851. The molecule has 3 rings (SSSR count). The molecule has 6 nitrogen and oxygen atoms in total. The third-order valence-electron chi connectivity index (χ3n) is 3.82. The van der Waals surface area contributed by atoms with Crippen LogP contribution in [0.15, 0.2) is 24.3 Å². The van der Waals surface area contributed by atoms with Crippen molar-refractivity contribution in [2.24, 2.45) is 0 Å². The number of fused-ring (bicyclic) bond motifs is 1. The highest BCUT2D eigenvalue weighted by Gasteiger charge is 2.30. The number of rotatable bonds is 3. The molecule has 2 heterocycles. The van der Waals surface area contributed by atoms with Gasteiger partial charge in [-0.05, 0) is 30.2 Å². The van der Waals surface area contributed by atoms with Crippen molar-refractivity contribution in [3.8, 4) is 11.5 Å². The Balaban J connectivity index is 1.71. The molecule has 22 heavy (non-hydrogen) atoms. The van der Waals surface area contributed by atoms with Crippen molar-refractivity contribution in [2.75, 3.05) is 19.9 Å². The van der Waals surface area contributed by atoms with Gasteiger partial charge in [0.25, 0.3) is 0 Å². The van der Waals surface area contributed by atoms with Crippen LogP contribution in [-0.4, -0.2) is 42.6 Å². The standard InChI is InChI=1S/C16H18N2O4/c1-2-12-16(20)17-7-8-18(12)15(19)6-4-11-3-5-13-14(9-11)22-10-21-13/h3-6,9,12H,2,7-8,10H2,1H3,(H,17,20). The maximum absolute atomic E-state index is 12.3. The second-order valence-electron chi connectivity index (χ2n) is 5.19. The molecule has 2 aliphatic rings. The van der Waals surface area contributed by atoms with Gasteiger partial charge in [0.2, 0.25) is 18.6 Å². The van der Waals surface area contributed by atoms with E-state index in [0.29, 0.717) is 31.0 Å². The largest absolute Gasteiger partial charge is 0.454 e. The van der Waals surface area contributed by atoms with Crippen LogP contribution in [0, 0.1) is 0 Å². The molecule has 1 fully saturated rings. The molecule has 1 unspecified atom stereocenters. The smallest absolute Gasteiger partial charge is 0.247 e. The number of amides is 2. The van der Waals surface area contributed by atoms with Crippen molar-refractivity contribution in [2.45, 2.75) is 19.4 Å². The predicted octanol–water partition coefficient (Wildman–Crippen LogP) is 1.17. The predicted molar refractivity (Wildman–Crippen MR) is 80.4 cm³/mol. The van der Waals surface area contributed by atoms with Gasteiger partial charge in [-0.25, -0.2) is 0 Å². The highest BCUT2D eigenvalue weighted by atomic mass is 16.7. The van der Waals surface area contributed by atoms with Gasteiger partial charge in [-0.15, -0.1) is 0 Å². The second kappa shape index (κ2) is 6.09. The number of carbonyl (C=O) groups excluding carboxylic acids is 2. The molecule has 0 bridgehead atoms. The minimum atomic E-state index is -0.386. The second-order valence-corrected chi connectivity index (χ2v) is 5.19. The van der Waals surface area contributed by atoms with E-state index in [-0.39, 0.29) is 24.6 Å². The summed E-state index contributed by atoms with van der Waals surface area (Å²) in [5.41, 5.74) is 0.854. The van der Waals surface area contributed by atoms with E-state index in [2.05, 4.69) is 5.32 Å². The third kappa shape index (κ3) is 2.77. The first-order valence-corrected chi connectivity index (χ1v) is 7.35. The molecule has 2 aliphatic heterocycles. The van der Waals surface area contributed by atoms with Crippen molar-refractivity contribution in [3.05, 3.63) is 29.8 Å². The SMILES string of the molecule is CCC1C(=O)NCCN1C(=O)C=Cc1ccc2c(c1)OCO2. The molecule has 1 N–H and O–H groups in total. The summed E-state index contributed by atoms with van der Waals surface area (Å²) < 4.78 is 10.6. The van der Waals surface area contributed by atoms with Gasteiger partial charge in [0.1, 0.15) is 6.04 Å². The zero-order valence-corrected chi connectivity index (χ0v) is 12.4. The number of nitrogens with zero attached hydrogens (tertiary/aromatic N) is 1. The molecular weight excluding hydrogens is 284 g/mol. The van der Waals surface area contributed by atoms with Crippen LogP contribution in [0.3, 0.4) is 0 Å². The van der Waals surface area contributed by atoms with E-state index >= 15 is 0 Å². The fourth-order valence-electron chi connectivity index (χ4n) is 2.66. The number of nitrogens with one attached hydrogen (secondary N) is 1. The fraction of sp³-hybridized carbons (Fsp3) is 0.375. The summed E-state index contributed by atoms with van der Waals surface area (Å²) >= 11 is 0. The van der Waals surface area contributed by atoms with Crippen molar-refractivity contribution in [1.82, 2.24) is 10.2 Å². The first-order chi connectivity index (χ1) is 10.7. The Hall–Kier alpha value is -2.50. The fourth-order valence-corrected chi connectivity index (χ4v) is 2.66. The van der Waals surface area contributed by atoms with Gasteiger partial charge < -0.3 is 19.7 Å². The van der Waals surface area contributed by atoms with Gasteiger partial charge in [-0.3, -0.25) is 9.59 Å². The van der Waals surface area contributed by atoms with E-state index in [1.165, 1.54) is 6.08 Å². The lowest BCUT2D eigenvalue weighted by molar-refractivity contribution is -0.140. The first kappa shape index (κ1) is 14.4. The van der Waals surface area contributed by atoms with Crippen LogP contribution in [0.5, 0.6) is 11.5 Å². The Morgan fingerprint density at radius 3 is 3.05 bits per heavy atom. The lowest BCUT2D eigenvalue weighted by Crippen LogP contribution is -2.56. The Morgan fingerprint density at radius 1 is 1.41 bits per heavy atom. The third-order valence-corrected chi connectivity index (χ3v) is 3.82. The van der Waals surface area contributed by atoms with Crippen LogP contribution in [0.4, 0.5) is 0 Å². The minimum Gasteiger partial charge on any atom is -0.454 e. The van der Waals surface area contributed by atoms with Crippen LogP contribution < -0.4 is 14.8 Å². The summed E-state index contributed by atoms with van der Waals surface area (Å²) in [6.45, 7) is 3.16. The maximum atomic E-state index is 12.3. The van der Waals surface area contributed by atoms with Gasteiger partial charge in [-0.2, -0.15) is 0 Å². The summed E-state index contributed by atoms with van der Waals surface area (Å²) in [5.74, 6) is 1.15. The molecule has 0 aromatic heterocycles. The molecule has 2 amide bonds. The van der Waals surface area contributed by atoms with Gasteiger partial charge in [0.05, 0.1) is 0 Å². The van der Waals surface area contributed by atoms with Crippen molar-refractivity contribution < 1.29 is 19.1 Å². The van der Waals surface area contributed by atoms with Crippen LogP contribution in [0.2, 0.25) is 0 Å². The summed E-state index contributed by atoms with van der Waals surface area (Å²) in [6, 6.07) is 5.11. The Kier molecular flexibility index (Phi) is 4.00. The summed E-state index contributed by atoms with van der Waals surface area (Å²) in [7, 11) is 0. The molecule has 1 saturated heterocycles. The van der Waals surface area contributed by atoms with Crippen LogP contribution >= 0.6 is 0 Å². The van der Waals surface area contributed by atoms with Crippen LogP contribution in [0.25, 0.3) is 6.08 Å². The molecule has 0 radical (unpaired) electrons. The molecule has 0 aliphatic carbocycles. The minimum absolute atomic E-state index is 0.0846. The number of ether oxygens (including phenoxy) is 2. The first-order valence-electron chi connectivity index (χ1n) is 7.35. The number of hydrogen-bond donors (Lipinski definition) is 1. The zero-order valence-electron chi connectivity index (χ0n) is 12.4. The number of carbonyl (C=O) groups is 2. The molecule has 1 aromatic carbocycles. The lowest BCUT2D eigenvalue weighted by Gasteiger charge is -2.33. The molecule has 0 saturated carbocycles. The molecule has 116 valence electrons. The van der Waals surface area contributed by atoms with Gasteiger partial charge in [-0.1, -0.05) is 13.0 Å². The molecule has 0 spiro atoms. The monoisotopic (exact) mass is 302 g/mol. The summed E-state index contributed by atoms with van der Waals surface area (Å²) in [4.78, 5) is 25.7. The van der Waals surface area contributed by atoms with E-state index in [1.54, 1.807) is 11.0 Å². The van der Waals surface area contributed by atoms with Gasteiger partial charge in [0.15, 0.2) is 11.5 Å². The molecule has 6 heteroatoms.